The molecular formula is C10H19ClF2N2O. The van der Waals surface area contributed by atoms with Crippen LogP contribution in [0.15, 0.2) is 0 Å². The van der Waals surface area contributed by atoms with Crippen molar-refractivity contribution < 1.29 is 13.6 Å². The van der Waals surface area contributed by atoms with Crippen LogP contribution in [0.1, 0.15) is 32.6 Å². The first-order valence-electron chi connectivity index (χ1n) is 5.28. The molecule has 0 aromatic carbocycles. The number of halogens is 3. The Hall–Kier alpha value is -0.420. The highest BCUT2D eigenvalue weighted by Crippen LogP contribution is 2.31. The van der Waals surface area contributed by atoms with Gasteiger partial charge in [0.15, 0.2) is 0 Å². The average Bonchev–Trinajstić information content (AvgIpc) is 2.13. The number of nitrogens with one attached hydrogen (secondary N) is 1. The molecule has 16 heavy (non-hydrogen) atoms. The van der Waals surface area contributed by atoms with Gasteiger partial charge in [-0.05, 0) is 19.8 Å². The van der Waals surface area contributed by atoms with Crippen LogP contribution in [0.3, 0.4) is 0 Å². The first kappa shape index (κ1) is 15.6. The van der Waals surface area contributed by atoms with Gasteiger partial charge in [-0.15, -0.1) is 12.4 Å². The molecule has 1 aliphatic carbocycles. The molecule has 0 heterocycles. The summed E-state index contributed by atoms with van der Waals surface area (Å²) in [4.78, 5) is 11.6. The first-order valence-corrected chi connectivity index (χ1v) is 5.28. The van der Waals surface area contributed by atoms with Crippen LogP contribution >= 0.6 is 12.4 Å². The van der Waals surface area contributed by atoms with Crippen LogP contribution in [-0.4, -0.2) is 24.4 Å². The summed E-state index contributed by atoms with van der Waals surface area (Å²) in [6, 6.07) is 0. The Morgan fingerprint density at radius 2 is 2.19 bits per heavy atom. The number of hydrogen-bond acceptors (Lipinski definition) is 2. The minimum Gasteiger partial charge on any atom is -0.350 e. The largest absolute Gasteiger partial charge is 0.350 e. The van der Waals surface area contributed by atoms with Crippen LogP contribution in [0.2, 0.25) is 0 Å². The van der Waals surface area contributed by atoms with Crippen molar-refractivity contribution in [3.05, 3.63) is 0 Å². The molecule has 1 saturated carbocycles. The van der Waals surface area contributed by atoms with E-state index in [-0.39, 0.29) is 24.2 Å². The van der Waals surface area contributed by atoms with Crippen molar-refractivity contribution in [2.24, 2.45) is 11.7 Å². The van der Waals surface area contributed by atoms with Crippen LogP contribution in [0.5, 0.6) is 0 Å². The van der Waals surface area contributed by atoms with E-state index in [1.807, 2.05) is 6.92 Å². The van der Waals surface area contributed by atoms with Gasteiger partial charge in [0.25, 0.3) is 6.43 Å². The van der Waals surface area contributed by atoms with Crippen LogP contribution in [0.4, 0.5) is 8.78 Å². The van der Waals surface area contributed by atoms with E-state index in [1.54, 1.807) is 0 Å². The molecule has 1 aliphatic rings. The van der Waals surface area contributed by atoms with Crippen LogP contribution in [0.25, 0.3) is 0 Å². The zero-order valence-electron chi connectivity index (χ0n) is 9.34. The van der Waals surface area contributed by atoms with E-state index in [1.165, 1.54) is 0 Å². The monoisotopic (exact) mass is 256 g/mol. The molecule has 0 aromatic heterocycles. The van der Waals surface area contributed by atoms with Gasteiger partial charge in [0.05, 0.1) is 12.5 Å². The van der Waals surface area contributed by atoms with Crippen LogP contribution < -0.4 is 11.1 Å². The molecule has 0 aromatic rings. The smallest absolute Gasteiger partial charge is 0.255 e. The van der Waals surface area contributed by atoms with Crippen molar-refractivity contribution in [2.75, 3.05) is 6.54 Å². The third kappa shape index (κ3) is 4.22. The number of amides is 1. The lowest BCUT2D eigenvalue weighted by molar-refractivity contribution is -0.128. The van der Waals surface area contributed by atoms with Crippen molar-refractivity contribution >= 4 is 18.3 Å². The summed E-state index contributed by atoms with van der Waals surface area (Å²) < 4.78 is 23.8. The predicted molar refractivity (Wildman–Crippen MR) is 60.8 cm³/mol. The molecule has 2 unspecified atom stereocenters. The predicted octanol–water partition coefficient (Wildman–Crippen LogP) is 1.70. The highest BCUT2D eigenvalue weighted by atomic mass is 35.5. The molecule has 0 bridgehead atoms. The summed E-state index contributed by atoms with van der Waals surface area (Å²) in [5.41, 5.74) is 5.43. The van der Waals surface area contributed by atoms with Gasteiger partial charge < -0.3 is 11.1 Å². The number of carbonyl (C=O) groups excluding carboxylic acids is 1. The van der Waals surface area contributed by atoms with Gasteiger partial charge in [-0.1, -0.05) is 12.8 Å². The summed E-state index contributed by atoms with van der Waals surface area (Å²) in [5.74, 6) is -0.662. The molecule has 3 nitrogen and oxygen atoms in total. The minimum atomic E-state index is -2.50. The van der Waals surface area contributed by atoms with E-state index in [0.29, 0.717) is 6.42 Å². The minimum absolute atomic E-state index is 0. The van der Waals surface area contributed by atoms with Gasteiger partial charge in [-0.3, -0.25) is 4.79 Å². The highest BCUT2D eigenvalue weighted by molar-refractivity contribution is 5.85. The van der Waals surface area contributed by atoms with Crippen molar-refractivity contribution in [3.63, 3.8) is 0 Å². The van der Waals surface area contributed by atoms with Gasteiger partial charge in [-0.2, -0.15) is 0 Å². The summed E-state index contributed by atoms with van der Waals surface area (Å²) in [6.45, 7) is 1.24. The van der Waals surface area contributed by atoms with Gasteiger partial charge in [-0.25, -0.2) is 8.78 Å². The average molecular weight is 257 g/mol. The second kappa shape index (κ2) is 6.35. The Labute approximate surface area is 101 Å². The van der Waals surface area contributed by atoms with Crippen molar-refractivity contribution in [1.82, 2.24) is 5.32 Å². The molecule has 6 heteroatoms. The lowest BCUT2D eigenvalue weighted by Gasteiger charge is -2.37. The maximum Gasteiger partial charge on any atom is 0.255 e. The second-order valence-electron chi connectivity index (χ2n) is 4.44. The second-order valence-corrected chi connectivity index (χ2v) is 4.44. The standard InChI is InChI=1S/C10H18F2N2O.ClH/c1-10(13)5-3-2-4-7(10)9(15)14-6-8(11)12;/h7-8H,2-6,13H2,1H3,(H,14,15);1H. The molecular weight excluding hydrogens is 238 g/mol. The summed E-state index contributed by atoms with van der Waals surface area (Å²) in [7, 11) is 0. The molecule has 0 radical (unpaired) electrons. The van der Waals surface area contributed by atoms with Gasteiger partial charge in [0.1, 0.15) is 0 Å². The fourth-order valence-electron chi connectivity index (χ4n) is 2.09. The molecule has 2 atom stereocenters. The lowest BCUT2D eigenvalue weighted by Crippen LogP contribution is -2.53. The van der Waals surface area contributed by atoms with E-state index in [4.69, 9.17) is 5.73 Å². The van der Waals surface area contributed by atoms with Crippen molar-refractivity contribution in [2.45, 2.75) is 44.6 Å². The zero-order valence-corrected chi connectivity index (χ0v) is 10.2. The maximum absolute atomic E-state index is 11.9. The Morgan fingerprint density at radius 1 is 1.56 bits per heavy atom. The van der Waals surface area contributed by atoms with E-state index in [2.05, 4.69) is 5.32 Å². The molecule has 1 amide bonds. The van der Waals surface area contributed by atoms with E-state index < -0.39 is 18.5 Å². The Morgan fingerprint density at radius 3 is 2.69 bits per heavy atom. The quantitative estimate of drug-likeness (QED) is 0.808. The number of nitrogens with two attached hydrogens (primary N) is 1. The number of carbonyl (C=O) groups is 1. The fraction of sp³-hybridized carbons (Fsp3) is 0.900. The molecule has 3 N–H and O–H groups in total. The number of rotatable bonds is 3. The van der Waals surface area contributed by atoms with Crippen molar-refractivity contribution in [3.8, 4) is 0 Å². The third-order valence-electron chi connectivity index (χ3n) is 3.00. The summed E-state index contributed by atoms with van der Waals surface area (Å²) in [6.07, 6.45) is 0.925. The summed E-state index contributed by atoms with van der Waals surface area (Å²) in [5, 5.41) is 2.24. The van der Waals surface area contributed by atoms with Crippen LogP contribution in [-0.2, 0) is 4.79 Å². The Bertz CT molecular complexity index is 237. The maximum atomic E-state index is 11.9. The molecule has 96 valence electrons. The molecule has 0 saturated heterocycles. The van der Waals surface area contributed by atoms with Crippen molar-refractivity contribution in [1.29, 1.82) is 0 Å². The zero-order chi connectivity index (χ0) is 11.5. The normalized spacial score (nSPS) is 29.7. The fourth-order valence-corrected chi connectivity index (χ4v) is 2.09. The molecule has 0 aliphatic heterocycles. The van der Waals surface area contributed by atoms with E-state index in [9.17, 15) is 13.6 Å². The Balaban J connectivity index is 0.00000225. The number of hydrogen-bond donors (Lipinski definition) is 2. The number of alkyl halides is 2. The highest BCUT2D eigenvalue weighted by Gasteiger charge is 2.37. The van der Waals surface area contributed by atoms with Gasteiger partial charge >= 0.3 is 0 Å². The molecule has 1 fully saturated rings. The van der Waals surface area contributed by atoms with Gasteiger partial charge in [0, 0.05) is 5.54 Å². The summed E-state index contributed by atoms with van der Waals surface area (Å²) >= 11 is 0. The van der Waals surface area contributed by atoms with Gasteiger partial charge in [0.2, 0.25) is 5.91 Å². The molecule has 0 spiro atoms. The van der Waals surface area contributed by atoms with E-state index in [0.717, 1.165) is 19.3 Å². The van der Waals surface area contributed by atoms with Crippen LogP contribution in [0, 0.1) is 5.92 Å². The SMILES string of the molecule is CC1(N)CCCCC1C(=O)NCC(F)F.Cl. The molecule has 1 rings (SSSR count). The Kier molecular flexibility index (Phi) is 6.18. The lowest BCUT2D eigenvalue weighted by atomic mass is 9.74. The van der Waals surface area contributed by atoms with E-state index >= 15 is 0 Å². The third-order valence-corrected chi connectivity index (χ3v) is 3.00. The topological polar surface area (TPSA) is 55.1 Å². The first-order chi connectivity index (χ1) is 6.93.